The maximum Gasteiger partial charge on any atom is 0.257 e. The van der Waals surface area contributed by atoms with Gasteiger partial charge in [0.2, 0.25) is 0 Å². The van der Waals surface area contributed by atoms with Gasteiger partial charge in [-0.2, -0.15) is 0 Å². The lowest BCUT2D eigenvalue weighted by Gasteiger charge is -2.16. The van der Waals surface area contributed by atoms with E-state index in [4.69, 9.17) is 10.5 Å². The molecule has 2 aromatic carbocycles. The third kappa shape index (κ3) is 3.16. The highest BCUT2D eigenvalue weighted by molar-refractivity contribution is 5.97. The molecule has 0 bridgehead atoms. The van der Waals surface area contributed by atoms with Gasteiger partial charge in [-0.05, 0) is 43.2 Å². The molecule has 1 amide bonds. The minimum Gasteiger partial charge on any atom is -0.456 e. The fourth-order valence-electron chi connectivity index (χ4n) is 1.99. The number of hydrogen-bond donors (Lipinski definition) is 1. The van der Waals surface area contributed by atoms with E-state index in [2.05, 4.69) is 0 Å². The smallest absolute Gasteiger partial charge is 0.257 e. The van der Waals surface area contributed by atoms with Crippen molar-refractivity contribution in [3.05, 3.63) is 53.1 Å². The maximum atomic E-state index is 12.2. The Bertz CT molecular complexity index is 678. The van der Waals surface area contributed by atoms with Crippen LogP contribution in [0.3, 0.4) is 0 Å². The minimum absolute atomic E-state index is 0.115. The van der Waals surface area contributed by atoms with E-state index in [1.165, 1.54) is 4.90 Å². The highest BCUT2D eigenvalue weighted by Crippen LogP contribution is 2.31. The Morgan fingerprint density at radius 1 is 1.10 bits per heavy atom. The lowest BCUT2D eigenvalue weighted by Crippen LogP contribution is -2.22. The number of amides is 1. The van der Waals surface area contributed by atoms with E-state index in [0.29, 0.717) is 17.0 Å². The second kappa shape index (κ2) is 5.87. The average molecular weight is 284 g/mol. The molecule has 0 saturated heterocycles. The zero-order chi connectivity index (χ0) is 15.6. The molecular formula is C17H20N2O2. The summed E-state index contributed by atoms with van der Waals surface area (Å²) in [6.07, 6.45) is 0. The first-order valence-electron chi connectivity index (χ1n) is 6.75. The van der Waals surface area contributed by atoms with Gasteiger partial charge in [0.1, 0.15) is 11.5 Å². The number of nitrogens with zero attached hydrogens (tertiary/aromatic N) is 1. The molecule has 2 N–H and O–H groups in total. The van der Waals surface area contributed by atoms with Crippen LogP contribution < -0.4 is 10.5 Å². The number of nitrogen functional groups attached to an aromatic ring is 1. The zero-order valence-electron chi connectivity index (χ0n) is 12.8. The molecule has 0 radical (unpaired) electrons. The Balaban J connectivity index is 2.46. The minimum atomic E-state index is -0.115. The van der Waals surface area contributed by atoms with Crippen LogP contribution in [0.25, 0.3) is 0 Å². The van der Waals surface area contributed by atoms with Crippen molar-refractivity contribution in [2.24, 2.45) is 0 Å². The van der Waals surface area contributed by atoms with E-state index in [-0.39, 0.29) is 5.91 Å². The first-order chi connectivity index (χ1) is 9.90. The molecule has 0 unspecified atom stereocenters. The Morgan fingerprint density at radius 2 is 1.81 bits per heavy atom. The van der Waals surface area contributed by atoms with Crippen molar-refractivity contribution >= 4 is 11.6 Å². The molecule has 0 aromatic heterocycles. The van der Waals surface area contributed by atoms with Crippen molar-refractivity contribution in [3.63, 3.8) is 0 Å². The summed E-state index contributed by atoms with van der Waals surface area (Å²) in [7, 11) is 3.42. The zero-order valence-corrected chi connectivity index (χ0v) is 12.8. The topological polar surface area (TPSA) is 55.6 Å². The van der Waals surface area contributed by atoms with Gasteiger partial charge in [-0.25, -0.2) is 0 Å². The summed E-state index contributed by atoms with van der Waals surface area (Å²) in [4.78, 5) is 13.7. The largest absolute Gasteiger partial charge is 0.456 e. The van der Waals surface area contributed by atoms with Gasteiger partial charge in [0.15, 0.2) is 0 Å². The molecule has 0 spiro atoms. The molecule has 4 heteroatoms. The van der Waals surface area contributed by atoms with Crippen LogP contribution >= 0.6 is 0 Å². The number of benzene rings is 2. The first kappa shape index (κ1) is 14.9. The van der Waals surface area contributed by atoms with E-state index in [9.17, 15) is 4.79 Å². The standard InChI is InChI=1S/C17H20N2O2/c1-11-6-5-7-15(12(11)2)21-16-10-13(18)8-9-14(16)17(20)19(3)4/h5-10H,18H2,1-4H3. The molecule has 2 aromatic rings. The summed E-state index contributed by atoms with van der Waals surface area (Å²) in [5.74, 6) is 1.09. The summed E-state index contributed by atoms with van der Waals surface area (Å²) >= 11 is 0. The fraction of sp³-hybridized carbons (Fsp3) is 0.235. The molecule has 0 atom stereocenters. The van der Waals surface area contributed by atoms with E-state index in [0.717, 1.165) is 16.9 Å². The van der Waals surface area contributed by atoms with Crippen LogP contribution in [0.15, 0.2) is 36.4 Å². The molecular weight excluding hydrogens is 264 g/mol. The predicted molar refractivity (Wildman–Crippen MR) is 84.9 cm³/mol. The number of carbonyl (C=O) groups is 1. The van der Waals surface area contributed by atoms with E-state index < -0.39 is 0 Å². The normalized spacial score (nSPS) is 10.3. The average Bonchev–Trinajstić information content (AvgIpc) is 2.43. The monoisotopic (exact) mass is 284 g/mol. The Hall–Kier alpha value is -2.49. The van der Waals surface area contributed by atoms with Crippen LogP contribution in [0, 0.1) is 13.8 Å². The molecule has 2 rings (SSSR count). The van der Waals surface area contributed by atoms with Gasteiger partial charge in [0, 0.05) is 25.8 Å². The number of aryl methyl sites for hydroxylation is 1. The lowest BCUT2D eigenvalue weighted by atomic mass is 10.1. The third-order valence-electron chi connectivity index (χ3n) is 3.42. The van der Waals surface area contributed by atoms with Crippen molar-refractivity contribution in [2.75, 3.05) is 19.8 Å². The highest BCUT2D eigenvalue weighted by atomic mass is 16.5. The summed E-state index contributed by atoms with van der Waals surface area (Å²) < 4.78 is 5.95. The highest BCUT2D eigenvalue weighted by Gasteiger charge is 2.16. The van der Waals surface area contributed by atoms with Gasteiger partial charge < -0.3 is 15.4 Å². The Morgan fingerprint density at radius 3 is 2.48 bits per heavy atom. The molecule has 110 valence electrons. The first-order valence-corrected chi connectivity index (χ1v) is 6.75. The quantitative estimate of drug-likeness (QED) is 0.879. The molecule has 21 heavy (non-hydrogen) atoms. The summed E-state index contributed by atoms with van der Waals surface area (Å²) in [5.41, 5.74) is 9.06. The SMILES string of the molecule is Cc1cccc(Oc2cc(N)ccc2C(=O)N(C)C)c1C. The van der Waals surface area contributed by atoms with E-state index in [1.54, 1.807) is 32.3 Å². The molecule has 0 heterocycles. The number of rotatable bonds is 3. The molecule has 4 nitrogen and oxygen atoms in total. The van der Waals surface area contributed by atoms with Crippen LogP contribution in [-0.4, -0.2) is 24.9 Å². The van der Waals surface area contributed by atoms with Crippen molar-refractivity contribution in [1.29, 1.82) is 0 Å². The Kier molecular flexibility index (Phi) is 4.17. The molecule has 0 aliphatic carbocycles. The molecule has 0 saturated carbocycles. The number of ether oxygens (including phenoxy) is 1. The second-order valence-corrected chi connectivity index (χ2v) is 5.26. The fourth-order valence-corrected chi connectivity index (χ4v) is 1.99. The lowest BCUT2D eigenvalue weighted by molar-refractivity contribution is 0.0825. The second-order valence-electron chi connectivity index (χ2n) is 5.26. The Labute approximate surface area is 125 Å². The molecule has 0 aliphatic heterocycles. The van der Waals surface area contributed by atoms with Gasteiger partial charge in [0.25, 0.3) is 5.91 Å². The number of hydrogen-bond acceptors (Lipinski definition) is 3. The van der Waals surface area contributed by atoms with Crippen molar-refractivity contribution in [2.45, 2.75) is 13.8 Å². The van der Waals surface area contributed by atoms with Crippen molar-refractivity contribution in [1.82, 2.24) is 4.90 Å². The molecule has 0 fully saturated rings. The third-order valence-corrected chi connectivity index (χ3v) is 3.42. The van der Waals surface area contributed by atoms with Crippen LogP contribution in [0.2, 0.25) is 0 Å². The van der Waals surface area contributed by atoms with Gasteiger partial charge in [-0.1, -0.05) is 12.1 Å². The van der Waals surface area contributed by atoms with Gasteiger partial charge in [-0.15, -0.1) is 0 Å². The van der Waals surface area contributed by atoms with Crippen molar-refractivity contribution < 1.29 is 9.53 Å². The van der Waals surface area contributed by atoms with Crippen LogP contribution in [0.4, 0.5) is 5.69 Å². The summed E-state index contributed by atoms with van der Waals surface area (Å²) in [5, 5.41) is 0. The number of nitrogens with two attached hydrogens (primary N) is 1. The summed E-state index contributed by atoms with van der Waals surface area (Å²) in [6.45, 7) is 4.01. The van der Waals surface area contributed by atoms with Gasteiger partial charge >= 0.3 is 0 Å². The van der Waals surface area contributed by atoms with Crippen molar-refractivity contribution in [3.8, 4) is 11.5 Å². The maximum absolute atomic E-state index is 12.2. The number of anilines is 1. The summed E-state index contributed by atoms with van der Waals surface area (Å²) in [6, 6.07) is 10.9. The van der Waals surface area contributed by atoms with Crippen LogP contribution in [0.5, 0.6) is 11.5 Å². The van der Waals surface area contributed by atoms with Gasteiger partial charge in [-0.3, -0.25) is 4.79 Å². The van der Waals surface area contributed by atoms with Gasteiger partial charge in [0.05, 0.1) is 5.56 Å². The predicted octanol–water partition coefficient (Wildman–Crippen LogP) is 3.38. The van der Waals surface area contributed by atoms with E-state index in [1.807, 2.05) is 32.0 Å². The van der Waals surface area contributed by atoms with Crippen LogP contribution in [0.1, 0.15) is 21.5 Å². The van der Waals surface area contributed by atoms with E-state index >= 15 is 0 Å². The number of carbonyl (C=O) groups excluding carboxylic acids is 1. The van der Waals surface area contributed by atoms with Crippen LogP contribution in [-0.2, 0) is 0 Å². The molecule has 0 aliphatic rings.